The van der Waals surface area contributed by atoms with Gasteiger partial charge in [-0.3, -0.25) is 9.69 Å². The second-order valence-corrected chi connectivity index (χ2v) is 8.48. The van der Waals surface area contributed by atoms with Gasteiger partial charge in [-0.1, -0.05) is 24.3 Å². The summed E-state index contributed by atoms with van der Waals surface area (Å²) in [6, 6.07) is 21.3. The Morgan fingerprint density at radius 3 is 2.38 bits per heavy atom. The number of nitrogens with zero attached hydrogens (tertiary/aromatic N) is 1. The first-order chi connectivity index (χ1) is 14.3. The van der Waals surface area contributed by atoms with Crippen molar-refractivity contribution in [1.82, 2.24) is 10.2 Å². The van der Waals surface area contributed by atoms with Crippen molar-refractivity contribution < 1.29 is 9.53 Å². The summed E-state index contributed by atoms with van der Waals surface area (Å²) in [6.45, 7) is 4.00. The van der Waals surface area contributed by atoms with Crippen LogP contribution in [-0.2, 0) is 6.54 Å². The summed E-state index contributed by atoms with van der Waals surface area (Å²) in [7, 11) is 0. The summed E-state index contributed by atoms with van der Waals surface area (Å²) >= 11 is 1.82. The third kappa shape index (κ3) is 5.68. The van der Waals surface area contributed by atoms with Gasteiger partial charge in [0.1, 0.15) is 11.5 Å². The van der Waals surface area contributed by atoms with Gasteiger partial charge in [0.2, 0.25) is 0 Å². The average molecular weight is 407 g/mol. The topological polar surface area (TPSA) is 41.6 Å². The summed E-state index contributed by atoms with van der Waals surface area (Å²) in [5.74, 6) is 2.05. The molecule has 5 heteroatoms. The summed E-state index contributed by atoms with van der Waals surface area (Å²) in [4.78, 5) is 16.4. The van der Waals surface area contributed by atoms with Crippen molar-refractivity contribution in [3.63, 3.8) is 0 Å². The van der Waals surface area contributed by atoms with E-state index >= 15 is 0 Å². The molecule has 0 bridgehead atoms. The van der Waals surface area contributed by atoms with Crippen molar-refractivity contribution >= 4 is 17.2 Å². The van der Waals surface area contributed by atoms with Crippen LogP contribution >= 0.6 is 11.3 Å². The van der Waals surface area contributed by atoms with Crippen LogP contribution in [0.4, 0.5) is 0 Å². The highest BCUT2D eigenvalue weighted by atomic mass is 32.1. The molecule has 3 aromatic rings. The Morgan fingerprint density at radius 2 is 1.69 bits per heavy atom. The molecule has 1 aromatic heterocycles. The molecule has 0 aliphatic carbocycles. The zero-order valence-electron chi connectivity index (χ0n) is 16.4. The fourth-order valence-electron chi connectivity index (χ4n) is 3.61. The molecule has 0 radical (unpaired) electrons. The lowest BCUT2D eigenvalue weighted by atomic mass is 9.96. The number of thiophene rings is 1. The Labute approximate surface area is 176 Å². The zero-order valence-corrected chi connectivity index (χ0v) is 17.2. The maximum absolute atomic E-state index is 12.5. The molecule has 0 spiro atoms. The van der Waals surface area contributed by atoms with E-state index in [1.165, 1.54) is 4.88 Å². The lowest BCUT2D eigenvalue weighted by molar-refractivity contribution is 0.0935. The average Bonchev–Trinajstić information content (AvgIpc) is 3.27. The van der Waals surface area contributed by atoms with Crippen molar-refractivity contribution in [3.8, 4) is 11.5 Å². The molecule has 29 heavy (non-hydrogen) atoms. The molecule has 2 heterocycles. The first-order valence-corrected chi connectivity index (χ1v) is 11.0. The van der Waals surface area contributed by atoms with E-state index in [-0.39, 0.29) is 5.91 Å². The maximum atomic E-state index is 12.5. The number of nitrogens with one attached hydrogen (secondary N) is 1. The largest absolute Gasteiger partial charge is 0.457 e. The fraction of sp³-hybridized carbons (Fsp3) is 0.292. The van der Waals surface area contributed by atoms with E-state index in [2.05, 4.69) is 27.7 Å². The van der Waals surface area contributed by atoms with E-state index < -0.39 is 0 Å². The lowest BCUT2D eigenvalue weighted by Crippen LogP contribution is -2.38. The van der Waals surface area contributed by atoms with E-state index in [1.54, 1.807) is 0 Å². The van der Waals surface area contributed by atoms with Crippen molar-refractivity contribution in [3.05, 3.63) is 82.6 Å². The Balaban J connectivity index is 1.21. The number of carbonyl (C=O) groups is 1. The first-order valence-electron chi connectivity index (χ1n) is 10.1. The lowest BCUT2D eigenvalue weighted by Gasteiger charge is -2.31. The minimum Gasteiger partial charge on any atom is -0.457 e. The molecule has 2 aromatic carbocycles. The quantitative estimate of drug-likeness (QED) is 0.588. The molecule has 150 valence electrons. The van der Waals surface area contributed by atoms with Gasteiger partial charge in [-0.2, -0.15) is 0 Å². The molecule has 1 amide bonds. The summed E-state index contributed by atoms with van der Waals surface area (Å²) in [5.41, 5.74) is 0.667. The number of hydrogen-bond donors (Lipinski definition) is 1. The molecule has 1 fully saturated rings. The SMILES string of the molecule is O=C(NCC1CCN(Cc2cccs2)CC1)c1ccc(Oc2ccccc2)cc1. The van der Waals surface area contributed by atoms with Gasteiger partial charge in [0, 0.05) is 23.5 Å². The Kier molecular flexibility index (Phi) is 6.60. The molecule has 1 aliphatic rings. The molecular formula is C24H26N2O2S. The van der Waals surface area contributed by atoms with Crippen LogP contribution in [-0.4, -0.2) is 30.4 Å². The Bertz CT molecular complexity index is 886. The molecule has 0 unspecified atom stereocenters. The molecular weight excluding hydrogens is 380 g/mol. The van der Waals surface area contributed by atoms with E-state index in [0.29, 0.717) is 11.5 Å². The van der Waals surface area contributed by atoms with E-state index in [9.17, 15) is 4.79 Å². The summed E-state index contributed by atoms with van der Waals surface area (Å²) in [6.07, 6.45) is 2.27. The van der Waals surface area contributed by atoms with Gasteiger partial charge in [-0.15, -0.1) is 11.3 Å². The molecule has 1 aliphatic heterocycles. The summed E-state index contributed by atoms with van der Waals surface area (Å²) < 4.78 is 5.78. The Hall–Kier alpha value is -2.63. The van der Waals surface area contributed by atoms with Crippen molar-refractivity contribution in [2.75, 3.05) is 19.6 Å². The standard InChI is InChI=1S/C24H26N2O2S/c27-24(20-8-10-22(11-9-20)28-21-5-2-1-3-6-21)25-17-19-12-14-26(15-13-19)18-23-7-4-16-29-23/h1-11,16,19H,12-15,17-18H2,(H,25,27). The van der Waals surface area contributed by atoms with E-state index in [0.717, 1.165) is 50.5 Å². The highest BCUT2D eigenvalue weighted by Crippen LogP contribution is 2.22. The number of hydrogen-bond acceptors (Lipinski definition) is 4. The number of ether oxygens (including phenoxy) is 1. The maximum Gasteiger partial charge on any atom is 0.251 e. The third-order valence-electron chi connectivity index (χ3n) is 5.31. The van der Waals surface area contributed by atoms with Crippen LogP contribution < -0.4 is 10.1 Å². The van der Waals surface area contributed by atoms with Crippen LogP contribution in [0.15, 0.2) is 72.1 Å². The van der Waals surface area contributed by atoms with Gasteiger partial charge >= 0.3 is 0 Å². The van der Waals surface area contributed by atoms with Gasteiger partial charge in [0.25, 0.3) is 5.91 Å². The highest BCUT2D eigenvalue weighted by molar-refractivity contribution is 7.09. The van der Waals surface area contributed by atoms with Gasteiger partial charge < -0.3 is 10.1 Å². The summed E-state index contributed by atoms with van der Waals surface area (Å²) in [5, 5.41) is 5.24. The van der Waals surface area contributed by atoms with Gasteiger partial charge in [-0.05, 0) is 79.7 Å². The molecule has 0 atom stereocenters. The second kappa shape index (κ2) is 9.72. The number of para-hydroxylation sites is 1. The van der Waals surface area contributed by atoms with Crippen LogP contribution in [0.3, 0.4) is 0 Å². The van der Waals surface area contributed by atoms with Gasteiger partial charge in [0.05, 0.1) is 0 Å². The van der Waals surface area contributed by atoms with Crippen LogP contribution in [0.5, 0.6) is 11.5 Å². The van der Waals surface area contributed by atoms with E-state index in [1.807, 2.05) is 65.9 Å². The number of likely N-dealkylation sites (tertiary alicyclic amines) is 1. The van der Waals surface area contributed by atoms with Crippen LogP contribution in [0.25, 0.3) is 0 Å². The number of piperidine rings is 1. The number of carbonyl (C=O) groups excluding carboxylic acids is 1. The molecule has 1 N–H and O–H groups in total. The number of amides is 1. The van der Waals surface area contributed by atoms with Crippen LogP contribution in [0, 0.1) is 5.92 Å². The highest BCUT2D eigenvalue weighted by Gasteiger charge is 2.20. The first kappa shape index (κ1) is 19.7. The van der Waals surface area contributed by atoms with Gasteiger partial charge in [-0.25, -0.2) is 0 Å². The minimum absolute atomic E-state index is 0.0164. The molecule has 4 rings (SSSR count). The molecule has 1 saturated heterocycles. The predicted octanol–water partition coefficient (Wildman–Crippen LogP) is 5.18. The van der Waals surface area contributed by atoms with Crippen molar-refractivity contribution in [2.45, 2.75) is 19.4 Å². The van der Waals surface area contributed by atoms with Crippen LogP contribution in [0.1, 0.15) is 28.1 Å². The monoisotopic (exact) mass is 406 g/mol. The second-order valence-electron chi connectivity index (χ2n) is 7.45. The smallest absolute Gasteiger partial charge is 0.251 e. The van der Waals surface area contributed by atoms with Crippen LogP contribution in [0.2, 0.25) is 0 Å². The van der Waals surface area contributed by atoms with Crippen molar-refractivity contribution in [1.29, 1.82) is 0 Å². The van der Waals surface area contributed by atoms with Gasteiger partial charge in [0.15, 0.2) is 0 Å². The predicted molar refractivity (Wildman–Crippen MR) is 118 cm³/mol. The van der Waals surface area contributed by atoms with Crippen molar-refractivity contribution in [2.24, 2.45) is 5.92 Å². The normalized spacial score (nSPS) is 15.2. The number of rotatable bonds is 7. The zero-order chi connectivity index (χ0) is 19.9. The Morgan fingerprint density at radius 1 is 0.966 bits per heavy atom. The third-order valence-corrected chi connectivity index (χ3v) is 6.17. The molecule has 4 nitrogen and oxygen atoms in total. The van der Waals surface area contributed by atoms with E-state index in [4.69, 9.17) is 4.74 Å². The fourth-order valence-corrected chi connectivity index (χ4v) is 4.36. The number of benzene rings is 2. The molecule has 0 saturated carbocycles. The minimum atomic E-state index is -0.0164.